The Labute approximate surface area is 223 Å². The standard InChI is InChI=1S/C34H29N2O2/c1-2-27(21-24-35-29-13-17-33(18-14-29)37-31-9-5-3-6-10-31)28-22-25-36(26-23-28)30-15-19-34(20-16-30)38-32-11-7-4-8-12-32/h2-26,35H,1H3/q+1/b24-21-,27-2+. The molecule has 0 radical (unpaired) electrons. The maximum absolute atomic E-state index is 5.90. The number of aromatic nitrogens is 1. The van der Waals surface area contributed by atoms with Gasteiger partial charge in [-0.25, -0.2) is 0 Å². The van der Waals surface area contributed by atoms with Crippen LogP contribution in [0.5, 0.6) is 23.0 Å². The maximum atomic E-state index is 5.90. The van der Waals surface area contributed by atoms with Crippen molar-refractivity contribution in [2.75, 3.05) is 5.32 Å². The van der Waals surface area contributed by atoms with Gasteiger partial charge in [-0.1, -0.05) is 42.5 Å². The van der Waals surface area contributed by atoms with Gasteiger partial charge in [-0.15, -0.1) is 0 Å². The molecular weight excluding hydrogens is 468 g/mol. The first-order chi connectivity index (χ1) is 18.8. The van der Waals surface area contributed by atoms with Gasteiger partial charge in [0.25, 0.3) is 0 Å². The molecule has 0 saturated heterocycles. The van der Waals surface area contributed by atoms with Crippen LogP contribution in [0.15, 0.2) is 152 Å². The Morgan fingerprint density at radius 2 is 1.11 bits per heavy atom. The highest BCUT2D eigenvalue weighted by molar-refractivity contribution is 5.73. The van der Waals surface area contributed by atoms with Gasteiger partial charge in [0.05, 0.1) is 0 Å². The van der Waals surface area contributed by atoms with Crippen molar-refractivity contribution in [1.82, 2.24) is 0 Å². The SMILES string of the molecule is C/C=C(\C=C/Nc1ccc(Oc2ccccc2)cc1)c1cc[n+](-c2ccc(Oc3ccccc3)cc2)cc1. The van der Waals surface area contributed by atoms with Gasteiger partial charge in [0.2, 0.25) is 5.69 Å². The van der Waals surface area contributed by atoms with Crippen LogP contribution in [0.2, 0.25) is 0 Å². The molecule has 38 heavy (non-hydrogen) atoms. The number of pyridine rings is 1. The van der Waals surface area contributed by atoms with Crippen LogP contribution in [0.1, 0.15) is 12.5 Å². The highest BCUT2D eigenvalue weighted by atomic mass is 16.5. The zero-order valence-corrected chi connectivity index (χ0v) is 21.2. The van der Waals surface area contributed by atoms with E-state index in [-0.39, 0.29) is 0 Å². The van der Waals surface area contributed by atoms with E-state index in [1.54, 1.807) is 0 Å². The molecule has 0 aliphatic rings. The molecule has 0 fully saturated rings. The van der Waals surface area contributed by atoms with Gasteiger partial charge >= 0.3 is 0 Å². The summed E-state index contributed by atoms with van der Waals surface area (Å²) in [6.07, 6.45) is 10.3. The van der Waals surface area contributed by atoms with Gasteiger partial charge in [-0.2, -0.15) is 4.57 Å². The first-order valence-corrected chi connectivity index (χ1v) is 12.5. The average Bonchev–Trinajstić information content (AvgIpc) is 2.98. The molecule has 1 heterocycles. The van der Waals surface area contributed by atoms with E-state index in [2.05, 4.69) is 58.7 Å². The van der Waals surface area contributed by atoms with E-state index < -0.39 is 0 Å². The fourth-order valence-corrected chi connectivity index (χ4v) is 3.93. The second-order valence-electron chi connectivity index (χ2n) is 8.56. The lowest BCUT2D eigenvalue weighted by Gasteiger charge is -2.07. The van der Waals surface area contributed by atoms with E-state index in [1.807, 2.05) is 110 Å². The van der Waals surface area contributed by atoms with Crippen molar-refractivity contribution < 1.29 is 14.0 Å². The zero-order chi connectivity index (χ0) is 26.0. The number of ether oxygens (including phenoxy) is 2. The zero-order valence-electron chi connectivity index (χ0n) is 21.2. The fraction of sp³-hybridized carbons (Fsp3) is 0.0294. The summed E-state index contributed by atoms with van der Waals surface area (Å²) in [5.74, 6) is 3.26. The highest BCUT2D eigenvalue weighted by Crippen LogP contribution is 2.24. The molecule has 5 rings (SSSR count). The van der Waals surface area contributed by atoms with Crippen LogP contribution >= 0.6 is 0 Å². The number of nitrogens with one attached hydrogen (secondary N) is 1. The molecule has 186 valence electrons. The number of nitrogens with zero attached hydrogens (tertiary/aromatic N) is 1. The number of benzene rings is 4. The van der Waals surface area contributed by atoms with Crippen LogP contribution in [-0.4, -0.2) is 0 Å². The largest absolute Gasteiger partial charge is 0.457 e. The van der Waals surface area contributed by atoms with Crippen LogP contribution in [0.4, 0.5) is 5.69 Å². The van der Waals surface area contributed by atoms with Gasteiger partial charge in [0, 0.05) is 36.2 Å². The second-order valence-corrected chi connectivity index (χ2v) is 8.56. The van der Waals surface area contributed by atoms with Crippen molar-refractivity contribution in [2.45, 2.75) is 6.92 Å². The molecule has 1 N–H and O–H groups in total. The van der Waals surface area contributed by atoms with Crippen molar-refractivity contribution in [2.24, 2.45) is 0 Å². The summed E-state index contributed by atoms with van der Waals surface area (Å²) >= 11 is 0. The normalized spacial score (nSPS) is 11.3. The van der Waals surface area contributed by atoms with Crippen LogP contribution < -0.4 is 19.4 Å². The minimum absolute atomic E-state index is 0.802. The van der Waals surface area contributed by atoms with E-state index in [9.17, 15) is 0 Å². The summed E-state index contributed by atoms with van der Waals surface area (Å²) in [7, 11) is 0. The Hall–Kier alpha value is -5.09. The second kappa shape index (κ2) is 12.2. The van der Waals surface area contributed by atoms with Gasteiger partial charge in [0.15, 0.2) is 12.4 Å². The van der Waals surface area contributed by atoms with Crippen LogP contribution in [0.3, 0.4) is 0 Å². The van der Waals surface area contributed by atoms with Crippen LogP contribution in [0, 0.1) is 0 Å². The molecule has 4 nitrogen and oxygen atoms in total. The van der Waals surface area contributed by atoms with Gasteiger partial charge in [-0.3, -0.25) is 0 Å². The first kappa shape index (κ1) is 24.6. The van der Waals surface area contributed by atoms with E-state index in [1.165, 1.54) is 0 Å². The van der Waals surface area contributed by atoms with Crippen LogP contribution in [-0.2, 0) is 0 Å². The molecule has 0 spiro atoms. The third kappa shape index (κ3) is 6.56. The topological polar surface area (TPSA) is 34.4 Å². The molecule has 4 heteroatoms. The lowest BCUT2D eigenvalue weighted by molar-refractivity contribution is -0.595. The summed E-state index contributed by atoms with van der Waals surface area (Å²) in [5, 5.41) is 3.34. The van der Waals surface area contributed by atoms with Crippen molar-refractivity contribution >= 4 is 11.3 Å². The molecular formula is C34H29N2O2+. The molecule has 0 amide bonds. The summed E-state index contributed by atoms with van der Waals surface area (Å²) in [6, 6.07) is 39.8. The van der Waals surface area contributed by atoms with Gasteiger partial charge in [-0.05, 0) is 84.8 Å². The average molecular weight is 498 g/mol. The smallest absolute Gasteiger partial charge is 0.210 e. The number of hydrogen-bond donors (Lipinski definition) is 1. The Morgan fingerprint density at radius 1 is 0.605 bits per heavy atom. The third-order valence-corrected chi connectivity index (χ3v) is 5.93. The van der Waals surface area contributed by atoms with Gasteiger partial charge in [0.1, 0.15) is 23.0 Å². The quantitative estimate of drug-likeness (QED) is 0.164. The molecule has 5 aromatic rings. The van der Waals surface area contributed by atoms with Gasteiger partial charge < -0.3 is 14.8 Å². The first-order valence-electron chi connectivity index (χ1n) is 12.5. The number of hydrogen-bond acceptors (Lipinski definition) is 3. The minimum atomic E-state index is 0.802. The maximum Gasteiger partial charge on any atom is 0.210 e. The van der Waals surface area contributed by atoms with Crippen molar-refractivity contribution in [3.8, 4) is 28.7 Å². The molecule has 4 aromatic carbocycles. The Morgan fingerprint density at radius 3 is 1.63 bits per heavy atom. The number of anilines is 1. The monoisotopic (exact) mass is 497 g/mol. The van der Waals surface area contributed by atoms with Crippen molar-refractivity contribution in [1.29, 1.82) is 0 Å². The number of allylic oxidation sites excluding steroid dienone is 3. The molecule has 0 unspecified atom stereocenters. The van der Waals surface area contributed by atoms with Crippen molar-refractivity contribution in [3.05, 3.63) is 158 Å². The summed E-state index contributed by atoms with van der Waals surface area (Å²) in [5.41, 5.74) is 4.32. The lowest BCUT2D eigenvalue weighted by atomic mass is 10.1. The van der Waals surface area contributed by atoms with E-state index in [0.29, 0.717) is 0 Å². The number of rotatable bonds is 9. The predicted octanol–water partition coefficient (Wildman–Crippen LogP) is 8.58. The highest BCUT2D eigenvalue weighted by Gasteiger charge is 2.08. The molecule has 0 saturated carbocycles. The predicted molar refractivity (Wildman–Crippen MR) is 154 cm³/mol. The molecule has 0 aliphatic carbocycles. The van der Waals surface area contributed by atoms with E-state index in [4.69, 9.17) is 9.47 Å². The fourth-order valence-electron chi connectivity index (χ4n) is 3.93. The van der Waals surface area contributed by atoms with E-state index in [0.717, 1.165) is 45.5 Å². The van der Waals surface area contributed by atoms with Crippen molar-refractivity contribution in [3.63, 3.8) is 0 Å². The Bertz CT molecular complexity index is 1490. The van der Waals surface area contributed by atoms with E-state index >= 15 is 0 Å². The number of para-hydroxylation sites is 2. The summed E-state index contributed by atoms with van der Waals surface area (Å²) < 4.78 is 13.8. The Kier molecular flexibility index (Phi) is 7.92. The van der Waals surface area contributed by atoms with Crippen LogP contribution in [0.25, 0.3) is 11.3 Å². The minimum Gasteiger partial charge on any atom is -0.457 e. The molecule has 0 atom stereocenters. The summed E-state index contributed by atoms with van der Waals surface area (Å²) in [6.45, 7) is 2.04. The molecule has 0 bridgehead atoms. The lowest BCUT2D eigenvalue weighted by Crippen LogP contribution is -2.29. The molecule has 1 aromatic heterocycles. The Balaban J connectivity index is 1.18. The molecule has 0 aliphatic heterocycles. The third-order valence-electron chi connectivity index (χ3n) is 5.93. The summed E-state index contributed by atoms with van der Waals surface area (Å²) in [4.78, 5) is 0.